The maximum Gasteiger partial charge on any atom is 0.334 e. The molecular formula is C40H60O17. The van der Waals surface area contributed by atoms with E-state index in [0.717, 1.165) is 11.1 Å². The fourth-order valence-corrected chi connectivity index (χ4v) is 11.7. The Balaban J connectivity index is 1.06. The van der Waals surface area contributed by atoms with Crippen LogP contribution in [-0.4, -0.2) is 166 Å². The van der Waals surface area contributed by atoms with Crippen molar-refractivity contribution < 1.29 is 84.3 Å². The van der Waals surface area contributed by atoms with Crippen LogP contribution in [0, 0.1) is 22.7 Å². The van der Waals surface area contributed by atoms with Crippen LogP contribution in [0.25, 0.3) is 0 Å². The Morgan fingerprint density at radius 2 is 1.44 bits per heavy atom. The fraction of sp³-hybridized carbons (Fsp3) is 0.850. The number of aliphatic hydroxyl groups is 10. The van der Waals surface area contributed by atoms with E-state index in [1.165, 1.54) is 6.92 Å². The van der Waals surface area contributed by atoms with Crippen molar-refractivity contribution in [1.29, 1.82) is 0 Å². The molecule has 3 aliphatic heterocycles. The van der Waals surface area contributed by atoms with Crippen LogP contribution >= 0.6 is 0 Å². The minimum Gasteiger partial charge on any atom is -0.455 e. The van der Waals surface area contributed by atoms with Gasteiger partial charge in [-0.25, -0.2) is 4.79 Å². The second-order valence-corrected chi connectivity index (χ2v) is 18.3. The summed E-state index contributed by atoms with van der Waals surface area (Å²) in [6, 6.07) is 0. The molecule has 0 aromatic rings. The zero-order chi connectivity index (χ0) is 41.8. The Morgan fingerprint density at radius 1 is 0.807 bits per heavy atom. The molecule has 57 heavy (non-hydrogen) atoms. The number of Topliss-reactive ketones (excluding diaryl/α,β-unsaturated/α-hetero) is 1. The smallest absolute Gasteiger partial charge is 0.334 e. The van der Waals surface area contributed by atoms with Gasteiger partial charge in [0.25, 0.3) is 0 Å². The highest BCUT2D eigenvalue weighted by atomic mass is 16.7. The lowest BCUT2D eigenvalue weighted by molar-refractivity contribution is -0.362. The highest BCUT2D eigenvalue weighted by molar-refractivity contribution is 5.90. The van der Waals surface area contributed by atoms with Crippen LogP contribution in [0.5, 0.6) is 0 Å². The highest BCUT2D eigenvalue weighted by Gasteiger charge is 2.76. The zero-order valence-corrected chi connectivity index (χ0v) is 33.1. The SMILES string of the molecule is CC1=C(C)C(=O)O[C@H]([C@](C)(O)[C@]2(O)CC[C@@]3(O)[C@@H]4CC=C5C[C@@H](O[C@@H]6O[C@H](CO)[C@@H](O[C@@H]7O[C@H](CO)[C@@H](O)[C@H](O)[C@H]7O)[C@H](O)[C@H]6O)CC(=O)[C@]5(C)[C@H]4CC[C@]23C)C1. The van der Waals surface area contributed by atoms with Crippen molar-refractivity contribution in [3.8, 4) is 0 Å². The van der Waals surface area contributed by atoms with Gasteiger partial charge in [-0.1, -0.05) is 24.1 Å². The standard InChI is InChI=1S/C40H60O17/c1-17-12-26(56-33(49)18(17)2)38(5,50)40(52)11-10-39(51)22-7-6-19-13-20(14-25(43)37(19,4)21(22)8-9-36(39,40)3)53-34-31(48)29(46)32(24(16-42)55-34)57-35-30(47)28(45)27(44)23(15-41)54-35/h6,20-24,26-32,34-35,41-42,44-48,50-52H,7-16H2,1-5H3/t20-,21+,22-,23-,24-,26+,27-,28+,29-,30-,31-,32-,34-,35+,36+,37+,38+,39-,40+/m1/s1. The van der Waals surface area contributed by atoms with Crippen molar-refractivity contribution in [2.45, 2.75) is 176 Å². The Kier molecular flexibility index (Phi) is 11.3. The molecule has 17 heteroatoms. The summed E-state index contributed by atoms with van der Waals surface area (Å²) in [6.07, 6.45) is -14.3. The van der Waals surface area contributed by atoms with E-state index in [4.69, 9.17) is 23.7 Å². The predicted molar refractivity (Wildman–Crippen MR) is 193 cm³/mol. The van der Waals surface area contributed by atoms with Crippen LogP contribution in [0.3, 0.4) is 0 Å². The number of hydrogen-bond acceptors (Lipinski definition) is 17. The molecule has 7 aliphatic rings. The van der Waals surface area contributed by atoms with Gasteiger partial charge in [-0.3, -0.25) is 4.79 Å². The molecule has 7 rings (SSSR count). The molecule has 0 amide bonds. The van der Waals surface area contributed by atoms with Crippen molar-refractivity contribution in [2.24, 2.45) is 22.7 Å². The van der Waals surface area contributed by atoms with Crippen molar-refractivity contribution in [1.82, 2.24) is 0 Å². The Hall–Kier alpha value is -1.94. The van der Waals surface area contributed by atoms with Gasteiger partial charge in [-0.15, -0.1) is 0 Å². The van der Waals surface area contributed by atoms with E-state index in [9.17, 15) is 60.7 Å². The van der Waals surface area contributed by atoms with E-state index in [2.05, 4.69) is 0 Å². The number of rotatable bonds is 8. The molecule has 19 atom stereocenters. The van der Waals surface area contributed by atoms with Crippen molar-refractivity contribution >= 4 is 11.8 Å². The number of allylic oxidation sites excluding steroid dienone is 1. The van der Waals surface area contributed by atoms with E-state index < -0.39 is 126 Å². The quantitative estimate of drug-likeness (QED) is 0.0975. The minimum absolute atomic E-state index is 0.0575. The number of cyclic esters (lactones) is 1. The summed E-state index contributed by atoms with van der Waals surface area (Å²) < 4.78 is 28.6. The van der Waals surface area contributed by atoms with E-state index in [0.29, 0.717) is 18.4 Å². The number of fused-ring (bicyclic) bond motifs is 5. The van der Waals surface area contributed by atoms with Gasteiger partial charge in [0.1, 0.15) is 71.9 Å². The number of carbonyl (C=O) groups is 2. The van der Waals surface area contributed by atoms with E-state index >= 15 is 0 Å². The lowest BCUT2D eigenvalue weighted by atomic mass is 9.44. The third kappa shape index (κ3) is 6.25. The Labute approximate surface area is 330 Å². The molecule has 4 aliphatic carbocycles. The lowest BCUT2D eigenvalue weighted by Gasteiger charge is -2.63. The number of aliphatic hydroxyl groups excluding tert-OH is 7. The first kappa shape index (κ1) is 43.2. The average Bonchev–Trinajstić information content (AvgIpc) is 3.40. The maximum absolute atomic E-state index is 14.3. The van der Waals surface area contributed by atoms with Crippen molar-refractivity contribution in [3.05, 3.63) is 22.8 Å². The molecule has 0 bridgehead atoms. The van der Waals surface area contributed by atoms with Crippen molar-refractivity contribution in [3.63, 3.8) is 0 Å². The molecule has 2 saturated heterocycles. The van der Waals surface area contributed by atoms with E-state index in [1.54, 1.807) is 20.8 Å². The molecule has 0 aromatic carbocycles. The number of carbonyl (C=O) groups excluding carboxylic acids is 2. The number of ether oxygens (including phenoxy) is 5. The number of esters is 1. The van der Waals surface area contributed by atoms with E-state index in [-0.39, 0.29) is 50.2 Å². The van der Waals surface area contributed by atoms with Crippen LogP contribution < -0.4 is 0 Å². The second-order valence-electron chi connectivity index (χ2n) is 18.3. The minimum atomic E-state index is -1.90. The van der Waals surface area contributed by atoms with Gasteiger partial charge < -0.3 is 74.7 Å². The van der Waals surface area contributed by atoms with Gasteiger partial charge in [0.05, 0.1) is 30.3 Å². The van der Waals surface area contributed by atoms with Crippen molar-refractivity contribution in [2.75, 3.05) is 13.2 Å². The Bertz CT molecular complexity index is 1640. The highest BCUT2D eigenvalue weighted by Crippen LogP contribution is 2.70. The normalized spacial score (nSPS) is 51.3. The molecule has 0 aromatic heterocycles. The van der Waals surface area contributed by atoms with Gasteiger partial charge in [0.2, 0.25) is 0 Å². The van der Waals surface area contributed by atoms with Crippen LogP contribution in [0.4, 0.5) is 0 Å². The summed E-state index contributed by atoms with van der Waals surface area (Å²) in [5.74, 6) is -1.47. The third-order valence-electron chi connectivity index (χ3n) is 15.7. The first-order chi connectivity index (χ1) is 26.6. The summed E-state index contributed by atoms with van der Waals surface area (Å²) in [5, 5.41) is 110. The molecular weight excluding hydrogens is 752 g/mol. The summed E-state index contributed by atoms with van der Waals surface area (Å²) in [6.45, 7) is 7.14. The largest absolute Gasteiger partial charge is 0.455 e. The summed E-state index contributed by atoms with van der Waals surface area (Å²) in [7, 11) is 0. The van der Waals surface area contributed by atoms with Gasteiger partial charge in [0, 0.05) is 23.8 Å². The maximum atomic E-state index is 14.3. The first-order valence-corrected chi connectivity index (χ1v) is 20.1. The first-order valence-electron chi connectivity index (χ1n) is 20.1. The number of hydrogen-bond donors (Lipinski definition) is 10. The molecule has 10 N–H and O–H groups in total. The van der Waals surface area contributed by atoms with Crippen LogP contribution in [0.1, 0.15) is 86.0 Å². The van der Waals surface area contributed by atoms with Gasteiger partial charge in [0.15, 0.2) is 12.6 Å². The average molecular weight is 813 g/mol. The van der Waals surface area contributed by atoms with E-state index in [1.807, 2.05) is 13.0 Å². The molecule has 17 nitrogen and oxygen atoms in total. The lowest BCUT2D eigenvalue weighted by Crippen LogP contribution is -2.72. The Morgan fingerprint density at radius 3 is 2.09 bits per heavy atom. The molecule has 5 fully saturated rings. The zero-order valence-electron chi connectivity index (χ0n) is 33.1. The predicted octanol–water partition coefficient (Wildman–Crippen LogP) is -1.61. The van der Waals surface area contributed by atoms with Gasteiger partial charge in [-0.05, 0) is 78.1 Å². The summed E-state index contributed by atoms with van der Waals surface area (Å²) in [5.41, 5.74) is -5.39. The fourth-order valence-electron chi connectivity index (χ4n) is 11.7. The van der Waals surface area contributed by atoms with Crippen LogP contribution in [0.15, 0.2) is 22.8 Å². The summed E-state index contributed by atoms with van der Waals surface area (Å²) >= 11 is 0. The van der Waals surface area contributed by atoms with Gasteiger partial charge in [-0.2, -0.15) is 0 Å². The molecule has 322 valence electrons. The number of ketones is 1. The topological polar surface area (TPSA) is 283 Å². The molecule has 3 saturated carbocycles. The molecule has 0 radical (unpaired) electrons. The molecule has 0 spiro atoms. The van der Waals surface area contributed by atoms with Crippen LogP contribution in [-0.2, 0) is 33.3 Å². The van der Waals surface area contributed by atoms with Gasteiger partial charge >= 0.3 is 5.97 Å². The summed E-state index contributed by atoms with van der Waals surface area (Å²) in [4.78, 5) is 27.0. The molecule has 3 heterocycles. The monoisotopic (exact) mass is 812 g/mol. The second kappa shape index (κ2) is 14.9. The molecule has 0 unspecified atom stereocenters. The third-order valence-corrected chi connectivity index (χ3v) is 15.7. The van der Waals surface area contributed by atoms with Crippen LogP contribution in [0.2, 0.25) is 0 Å².